The molecule has 0 radical (unpaired) electrons. The Bertz CT molecular complexity index is 1730. The van der Waals surface area contributed by atoms with Gasteiger partial charge in [-0.3, -0.25) is 24.6 Å². The third-order valence-electron chi connectivity index (χ3n) is 10.3. The number of carbonyl (C=O) groups is 2. The lowest BCUT2D eigenvalue weighted by molar-refractivity contribution is -0.134. The predicted octanol–water partition coefficient (Wildman–Crippen LogP) is 8.57. The van der Waals surface area contributed by atoms with Crippen LogP contribution in [-0.2, 0) is 26.2 Å². The van der Waals surface area contributed by atoms with Crippen LogP contribution in [0.2, 0.25) is 5.02 Å². The molecule has 1 aromatic carbocycles. The number of piperazine rings is 1. The molecule has 2 aromatic rings. The zero-order chi connectivity index (χ0) is 42.6. The summed E-state index contributed by atoms with van der Waals surface area (Å²) in [6, 6.07) is 9.30. The third-order valence-corrected chi connectivity index (χ3v) is 10.8. The van der Waals surface area contributed by atoms with Crippen LogP contribution in [0.5, 0.6) is 5.75 Å². The lowest BCUT2D eigenvalue weighted by atomic mass is 9.83. The van der Waals surface area contributed by atoms with Gasteiger partial charge in [-0.05, 0) is 78.7 Å². The number of amides is 3. The van der Waals surface area contributed by atoms with Gasteiger partial charge in [0.1, 0.15) is 11.6 Å². The van der Waals surface area contributed by atoms with E-state index < -0.39 is 5.54 Å². The number of aromatic nitrogens is 1. The van der Waals surface area contributed by atoms with Gasteiger partial charge in [-0.25, -0.2) is 4.79 Å². The molecule has 1 aliphatic carbocycles. The number of carbonyl (C=O) groups excluding carboxylic acids is 2. The van der Waals surface area contributed by atoms with Crippen LogP contribution in [0.25, 0.3) is 0 Å². The van der Waals surface area contributed by atoms with Crippen LogP contribution in [-0.4, -0.2) is 126 Å². The van der Waals surface area contributed by atoms with Crippen molar-refractivity contribution in [1.82, 2.24) is 24.6 Å². The summed E-state index contributed by atoms with van der Waals surface area (Å²) < 4.78 is 17.9. The van der Waals surface area contributed by atoms with Crippen LogP contribution in [0.15, 0.2) is 64.8 Å². The van der Waals surface area contributed by atoms with E-state index in [2.05, 4.69) is 45.6 Å². The molecule has 0 N–H and O–H groups in total. The molecule has 0 bridgehead atoms. The molecular formula is C45H66Cl2N6O5. The lowest BCUT2D eigenvalue weighted by Gasteiger charge is -2.39. The monoisotopic (exact) mass is 840 g/mol. The first-order valence-electron chi connectivity index (χ1n) is 20.7. The van der Waals surface area contributed by atoms with Crippen molar-refractivity contribution in [3.63, 3.8) is 0 Å². The van der Waals surface area contributed by atoms with E-state index in [1.807, 2.05) is 86.9 Å². The maximum Gasteiger partial charge on any atom is 0.326 e. The van der Waals surface area contributed by atoms with E-state index in [1.165, 1.54) is 0 Å². The van der Waals surface area contributed by atoms with Crippen LogP contribution < -0.4 is 4.74 Å². The van der Waals surface area contributed by atoms with E-state index in [0.717, 1.165) is 11.3 Å². The zero-order valence-corrected chi connectivity index (χ0v) is 37.9. The molecule has 320 valence electrons. The molecule has 58 heavy (non-hydrogen) atoms. The van der Waals surface area contributed by atoms with Crippen LogP contribution in [0.1, 0.15) is 92.5 Å². The molecule has 4 rings (SSSR count). The molecule has 1 aliphatic heterocycles. The van der Waals surface area contributed by atoms with Crippen LogP contribution in [0.4, 0.5) is 4.79 Å². The van der Waals surface area contributed by atoms with Gasteiger partial charge in [0, 0.05) is 78.6 Å². The SMILES string of the molecule is CCOc1cc(C(C)(C)C)ncc1C(=NC(C)(C)C1C=CC(Cl)=CC1)N(Cc1ccc(Cl)cc1)C(=O)N1CCN(CC(=O)N(CCOC(C)C)CCOC(C)C)CC1. The van der Waals surface area contributed by atoms with Gasteiger partial charge >= 0.3 is 6.03 Å². The Balaban J connectivity index is 1.68. The summed E-state index contributed by atoms with van der Waals surface area (Å²) in [4.78, 5) is 46.7. The topological polar surface area (TPSA) is 100 Å². The Hall–Kier alpha value is -3.48. The van der Waals surface area contributed by atoms with Crippen molar-refractivity contribution in [2.24, 2.45) is 10.9 Å². The van der Waals surface area contributed by atoms with Gasteiger partial charge in [0.15, 0.2) is 0 Å². The number of nitrogens with zero attached hydrogens (tertiary/aromatic N) is 6. The van der Waals surface area contributed by atoms with E-state index in [0.29, 0.717) is 92.7 Å². The lowest BCUT2D eigenvalue weighted by Crippen LogP contribution is -2.55. The second-order valence-corrected chi connectivity index (χ2v) is 18.0. The predicted molar refractivity (Wildman–Crippen MR) is 235 cm³/mol. The number of pyridine rings is 1. The minimum Gasteiger partial charge on any atom is -0.493 e. The smallest absolute Gasteiger partial charge is 0.326 e. The minimum absolute atomic E-state index is 0.0167. The third kappa shape index (κ3) is 14.1. The highest BCUT2D eigenvalue weighted by atomic mass is 35.5. The van der Waals surface area contributed by atoms with Crippen molar-refractivity contribution in [3.05, 3.63) is 81.6 Å². The highest BCUT2D eigenvalue weighted by molar-refractivity contribution is 6.31. The number of hydrogen-bond acceptors (Lipinski definition) is 8. The largest absolute Gasteiger partial charge is 0.493 e. The summed E-state index contributed by atoms with van der Waals surface area (Å²) in [5, 5.41) is 1.31. The molecule has 0 saturated carbocycles. The average Bonchev–Trinajstić information content (AvgIpc) is 3.16. The second-order valence-electron chi connectivity index (χ2n) is 17.1. The molecule has 2 heterocycles. The molecular weight excluding hydrogens is 775 g/mol. The van der Waals surface area contributed by atoms with Gasteiger partial charge in [0.05, 0.1) is 56.2 Å². The second kappa shape index (κ2) is 21.7. The fraction of sp³-hybridized carbons (Fsp3) is 0.600. The molecule has 13 heteroatoms. The van der Waals surface area contributed by atoms with Gasteiger partial charge < -0.3 is 24.0 Å². The molecule has 1 saturated heterocycles. The summed E-state index contributed by atoms with van der Waals surface area (Å²) in [6.45, 7) is 25.1. The molecule has 1 aromatic heterocycles. The molecule has 1 fully saturated rings. The van der Waals surface area contributed by atoms with E-state index in [1.54, 1.807) is 11.1 Å². The van der Waals surface area contributed by atoms with Crippen LogP contribution in [0.3, 0.4) is 0 Å². The summed E-state index contributed by atoms with van der Waals surface area (Å²) in [7, 11) is 0. The Morgan fingerprint density at radius 1 is 0.948 bits per heavy atom. The van der Waals surface area contributed by atoms with E-state index >= 15 is 4.79 Å². The van der Waals surface area contributed by atoms with Crippen molar-refractivity contribution in [2.75, 3.05) is 65.6 Å². The molecule has 2 aliphatic rings. The molecule has 0 spiro atoms. The number of urea groups is 1. The van der Waals surface area contributed by atoms with E-state index in [-0.39, 0.29) is 48.6 Å². The summed E-state index contributed by atoms with van der Waals surface area (Å²) >= 11 is 12.7. The summed E-state index contributed by atoms with van der Waals surface area (Å²) in [5.41, 5.74) is 1.49. The number of halogens is 2. The van der Waals surface area contributed by atoms with Crippen molar-refractivity contribution in [2.45, 2.75) is 105 Å². The number of ether oxygens (including phenoxy) is 3. The van der Waals surface area contributed by atoms with Crippen molar-refractivity contribution < 1.29 is 23.8 Å². The van der Waals surface area contributed by atoms with E-state index in [4.69, 9.17) is 47.4 Å². The number of allylic oxidation sites excluding steroid dienone is 3. The normalized spacial score (nSPS) is 16.9. The van der Waals surface area contributed by atoms with Gasteiger partial charge in [0.25, 0.3) is 0 Å². The molecule has 1 unspecified atom stereocenters. The Morgan fingerprint density at radius 3 is 2.10 bits per heavy atom. The Kier molecular flexibility index (Phi) is 17.6. The van der Waals surface area contributed by atoms with Crippen molar-refractivity contribution in [1.29, 1.82) is 0 Å². The Morgan fingerprint density at radius 2 is 1.57 bits per heavy atom. The molecule has 3 amide bonds. The summed E-state index contributed by atoms with van der Waals surface area (Å²) in [5.74, 6) is 1.11. The maximum absolute atomic E-state index is 15.1. The molecule has 11 nitrogen and oxygen atoms in total. The summed E-state index contributed by atoms with van der Waals surface area (Å²) in [6.07, 6.45) is 8.67. The van der Waals surface area contributed by atoms with Gasteiger partial charge in [-0.1, -0.05) is 68.3 Å². The van der Waals surface area contributed by atoms with Crippen LogP contribution >= 0.6 is 23.2 Å². The quantitative estimate of drug-likeness (QED) is 0.116. The first-order valence-corrected chi connectivity index (χ1v) is 21.4. The minimum atomic E-state index is -0.657. The number of hydrogen-bond donors (Lipinski definition) is 0. The highest BCUT2D eigenvalue weighted by Gasteiger charge is 2.36. The number of rotatable bonds is 17. The van der Waals surface area contributed by atoms with Crippen molar-refractivity contribution >= 4 is 41.0 Å². The highest BCUT2D eigenvalue weighted by Crippen LogP contribution is 2.34. The first kappa shape index (κ1) is 47.2. The fourth-order valence-electron chi connectivity index (χ4n) is 6.75. The Labute approximate surface area is 357 Å². The van der Waals surface area contributed by atoms with Crippen LogP contribution in [0, 0.1) is 5.92 Å². The van der Waals surface area contributed by atoms with Gasteiger partial charge in [-0.15, -0.1) is 0 Å². The van der Waals surface area contributed by atoms with Crippen molar-refractivity contribution in [3.8, 4) is 5.75 Å². The number of aliphatic imine (C=N–C) groups is 1. The first-order chi connectivity index (χ1) is 27.4. The fourth-order valence-corrected chi connectivity index (χ4v) is 7.04. The van der Waals surface area contributed by atoms with Gasteiger partial charge in [-0.2, -0.15) is 0 Å². The average molecular weight is 842 g/mol. The van der Waals surface area contributed by atoms with E-state index in [9.17, 15) is 4.79 Å². The number of benzene rings is 1. The molecule has 1 atom stereocenters. The maximum atomic E-state index is 15.1. The number of amidine groups is 1. The standard InChI is InChI=1S/C45H66Cl2N6O5/c1-11-56-39-28-40(44(6,7)8)48-29-38(39)42(49-45(9,10)35-14-18-37(47)19-15-35)53(30-34-12-16-36(46)17-13-34)43(55)52-22-20-50(21-23-52)31-41(54)51(24-26-57-32(2)3)25-27-58-33(4)5/h12-14,16-19,28-29,32-33,35H,11,15,20-27,30-31H2,1-10H3. The van der Waals surface area contributed by atoms with Gasteiger partial charge in [0.2, 0.25) is 5.91 Å². The zero-order valence-electron chi connectivity index (χ0n) is 36.4.